The van der Waals surface area contributed by atoms with Crippen LogP contribution in [0.1, 0.15) is 13.3 Å². The summed E-state index contributed by atoms with van der Waals surface area (Å²) >= 11 is 5.56. The normalized spacial score (nSPS) is 11.2. The van der Waals surface area contributed by atoms with Gasteiger partial charge in [0, 0.05) is 25.7 Å². The van der Waals surface area contributed by atoms with Gasteiger partial charge >= 0.3 is 0 Å². The number of aromatic nitrogens is 1. The minimum atomic E-state index is -3.64. The second kappa shape index (κ2) is 6.67. The number of sulfonamides is 1. The number of hydrogen-bond donors (Lipinski definition) is 2. The highest BCUT2D eigenvalue weighted by atomic mass is 35.5. The van der Waals surface area contributed by atoms with Crippen molar-refractivity contribution in [3.8, 4) is 0 Å². The Hall–Kier alpha value is -1.18. The number of pyridine rings is 1. The van der Waals surface area contributed by atoms with Gasteiger partial charge in [-0.2, -0.15) is 0 Å². The average Bonchev–Trinajstić information content (AvgIpc) is 2.29. The fourth-order valence-electron chi connectivity index (χ4n) is 1.19. The van der Waals surface area contributed by atoms with E-state index in [9.17, 15) is 13.2 Å². The Morgan fingerprint density at radius 3 is 2.72 bits per heavy atom. The summed E-state index contributed by atoms with van der Waals surface area (Å²) in [6.07, 6.45) is 1.25. The van der Waals surface area contributed by atoms with Gasteiger partial charge in [0.05, 0.1) is 0 Å². The highest BCUT2D eigenvalue weighted by molar-refractivity contribution is 7.89. The van der Waals surface area contributed by atoms with Crippen LogP contribution in [0.25, 0.3) is 0 Å². The molecule has 2 N–H and O–H groups in total. The molecule has 1 amide bonds. The highest BCUT2D eigenvalue weighted by Crippen LogP contribution is 2.10. The zero-order valence-corrected chi connectivity index (χ0v) is 11.4. The minimum Gasteiger partial charge on any atom is -0.356 e. The average molecular weight is 292 g/mol. The van der Waals surface area contributed by atoms with Crippen LogP contribution in [-0.4, -0.2) is 32.4 Å². The predicted octanol–water partition coefficient (Wildman–Crippen LogP) is 0.539. The first-order valence-electron chi connectivity index (χ1n) is 5.33. The molecule has 0 saturated heterocycles. The lowest BCUT2D eigenvalue weighted by Gasteiger charge is -2.06. The van der Waals surface area contributed by atoms with Crippen molar-refractivity contribution in [2.45, 2.75) is 18.2 Å². The Labute approximate surface area is 111 Å². The van der Waals surface area contributed by atoms with Gasteiger partial charge in [-0.15, -0.1) is 0 Å². The van der Waals surface area contributed by atoms with Crippen LogP contribution in [0.5, 0.6) is 0 Å². The van der Waals surface area contributed by atoms with Crippen LogP contribution >= 0.6 is 11.6 Å². The van der Waals surface area contributed by atoms with Gasteiger partial charge in [0.25, 0.3) is 0 Å². The maximum absolute atomic E-state index is 11.8. The van der Waals surface area contributed by atoms with Gasteiger partial charge in [0.15, 0.2) is 0 Å². The van der Waals surface area contributed by atoms with Crippen molar-refractivity contribution in [3.63, 3.8) is 0 Å². The molecule has 1 aromatic rings. The van der Waals surface area contributed by atoms with Gasteiger partial charge in [-0.05, 0) is 19.1 Å². The summed E-state index contributed by atoms with van der Waals surface area (Å²) in [5.74, 6) is -0.200. The molecule has 1 aromatic heterocycles. The van der Waals surface area contributed by atoms with Gasteiger partial charge < -0.3 is 5.32 Å². The Balaban J connectivity index is 2.55. The van der Waals surface area contributed by atoms with E-state index in [0.717, 1.165) is 6.20 Å². The van der Waals surface area contributed by atoms with Crippen LogP contribution in [0.15, 0.2) is 23.2 Å². The molecule has 0 unspecified atom stereocenters. The molecule has 18 heavy (non-hydrogen) atoms. The Morgan fingerprint density at radius 2 is 2.17 bits per heavy atom. The Morgan fingerprint density at radius 1 is 1.44 bits per heavy atom. The zero-order valence-electron chi connectivity index (χ0n) is 9.81. The van der Waals surface area contributed by atoms with Crippen molar-refractivity contribution in [3.05, 3.63) is 23.5 Å². The second-order valence-corrected chi connectivity index (χ2v) is 5.57. The Bertz CT molecular complexity index is 502. The van der Waals surface area contributed by atoms with E-state index >= 15 is 0 Å². The number of carbonyl (C=O) groups excluding carboxylic acids is 1. The molecule has 0 spiro atoms. The largest absolute Gasteiger partial charge is 0.356 e. The van der Waals surface area contributed by atoms with Crippen LogP contribution < -0.4 is 10.0 Å². The molecular formula is C10H14ClN3O3S. The van der Waals surface area contributed by atoms with Crippen molar-refractivity contribution in [1.82, 2.24) is 15.0 Å². The molecule has 6 nitrogen and oxygen atoms in total. The minimum absolute atomic E-state index is 0.0165. The number of nitrogens with one attached hydrogen (secondary N) is 2. The van der Waals surface area contributed by atoms with Gasteiger partial charge in [0.2, 0.25) is 15.9 Å². The Kier molecular flexibility index (Phi) is 5.52. The standard InChI is InChI=1S/C10H14ClN3O3S/c1-2-12-10(15)5-6-14-18(16,17)8-3-4-9(11)13-7-8/h3-4,7,14H,2,5-6H2,1H3,(H,12,15). The number of carbonyl (C=O) groups is 1. The summed E-state index contributed by atoms with van der Waals surface area (Å²) in [5, 5.41) is 2.79. The quantitative estimate of drug-likeness (QED) is 0.749. The summed E-state index contributed by atoms with van der Waals surface area (Å²) in [7, 11) is -3.64. The van der Waals surface area contributed by atoms with Gasteiger partial charge in [0.1, 0.15) is 10.0 Å². The molecule has 0 radical (unpaired) electrons. The summed E-state index contributed by atoms with van der Waals surface area (Å²) in [6, 6.07) is 2.74. The predicted molar refractivity (Wildman–Crippen MR) is 67.7 cm³/mol. The van der Waals surface area contributed by atoms with Crippen molar-refractivity contribution >= 4 is 27.5 Å². The highest BCUT2D eigenvalue weighted by Gasteiger charge is 2.14. The van der Waals surface area contributed by atoms with Crippen molar-refractivity contribution in [1.29, 1.82) is 0 Å². The van der Waals surface area contributed by atoms with E-state index in [2.05, 4.69) is 15.0 Å². The third kappa shape index (κ3) is 4.59. The van der Waals surface area contributed by atoms with Crippen LogP contribution in [0.2, 0.25) is 5.15 Å². The molecule has 0 bridgehead atoms. The van der Waals surface area contributed by atoms with Crippen molar-refractivity contribution in [2.75, 3.05) is 13.1 Å². The van der Waals surface area contributed by atoms with Gasteiger partial charge in [-0.25, -0.2) is 18.1 Å². The molecule has 0 fully saturated rings. The van der Waals surface area contributed by atoms with Crippen molar-refractivity contribution in [2.24, 2.45) is 0 Å². The molecule has 100 valence electrons. The molecule has 0 saturated carbocycles. The van der Waals surface area contributed by atoms with Gasteiger partial charge in [-0.3, -0.25) is 4.79 Å². The van der Waals surface area contributed by atoms with Crippen LogP contribution in [-0.2, 0) is 14.8 Å². The number of hydrogen-bond acceptors (Lipinski definition) is 4. The first kappa shape index (κ1) is 14.9. The number of rotatable bonds is 6. The molecule has 0 atom stereocenters. The van der Waals surface area contributed by atoms with Gasteiger partial charge in [-0.1, -0.05) is 11.6 Å². The van der Waals surface area contributed by atoms with Crippen LogP contribution in [0, 0.1) is 0 Å². The van der Waals surface area contributed by atoms with E-state index < -0.39 is 10.0 Å². The molecule has 1 heterocycles. The fraction of sp³-hybridized carbons (Fsp3) is 0.400. The maximum Gasteiger partial charge on any atom is 0.242 e. The number of nitrogens with zero attached hydrogens (tertiary/aromatic N) is 1. The van der Waals surface area contributed by atoms with E-state index in [4.69, 9.17) is 11.6 Å². The van der Waals surface area contributed by atoms with E-state index in [1.165, 1.54) is 12.1 Å². The lowest BCUT2D eigenvalue weighted by atomic mass is 10.4. The zero-order chi connectivity index (χ0) is 13.6. The molecular weight excluding hydrogens is 278 g/mol. The molecule has 0 aromatic carbocycles. The lowest BCUT2D eigenvalue weighted by Crippen LogP contribution is -2.30. The third-order valence-corrected chi connectivity index (χ3v) is 3.70. The topological polar surface area (TPSA) is 88.2 Å². The van der Waals surface area contributed by atoms with Crippen molar-refractivity contribution < 1.29 is 13.2 Å². The van der Waals surface area contributed by atoms with Crippen LogP contribution in [0.3, 0.4) is 0 Å². The first-order valence-corrected chi connectivity index (χ1v) is 7.19. The summed E-state index contributed by atoms with van der Waals surface area (Å²) in [4.78, 5) is 14.8. The molecule has 0 aliphatic rings. The molecule has 8 heteroatoms. The number of halogens is 1. The molecule has 0 aliphatic carbocycles. The van der Waals surface area contributed by atoms with E-state index in [0.29, 0.717) is 6.54 Å². The summed E-state index contributed by atoms with van der Waals surface area (Å²) in [5.41, 5.74) is 0. The monoisotopic (exact) mass is 291 g/mol. The molecule has 0 aliphatic heterocycles. The summed E-state index contributed by atoms with van der Waals surface area (Å²) in [6.45, 7) is 2.35. The van der Waals surface area contributed by atoms with E-state index in [1.54, 1.807) is 6.92 Å². The smallest absolute Gasteiger partial charge is 0.242 e. The third-order valence-electron chi connectivity index (χ3n) is 2.03. The fourth-order valence-corrected chi connectivity index (χ4v) is 2.28. The van der Waals surface area contributed by atoms with E-state index in [1.807, 2.05) is 0 Å². The number of amides is 1. The van der Waals surface area contributed by atoms with Crippen LogP contribution in [0.4, 0.5) is 0 Å². The first-order chi connectivity index (χ1) is 8.45. The second-order valence-electron chi connectivity index (χ2n) is 3.42. The lowest BCUT2D eigenvalue weighted by molar-refractivity contribution is -0.120. The SMILES string of the molecule is CCNC(=O)CCNS(=O)(=O)c1ccc(Cl)nc1. The summed E-state index contributed by atoms with van der Waals surface area (Å²) < 4.78 is 25.8. The molecule has 1 rings (SSSR count). The van der Waals surface area contributed by atoms with E-state index in [-0.39, 0.29) is 28.9 Å². The maximum atomic E-state index is 11.8.